The molecule has 0 radical (unpaired) electrons. The number of carbonyl (C=O) groups excluding carboxylic acids is 4. The number of aromatic amines is 2. The van der Waals surface area contributed by atoms with E-state index in [4.69, 9.17) is 28.9 Å². The van der Waals surface area contributed by atoms with Crippen molar-refractivity contribution in [2.45, 2.75) is 76.8 Å². The zero-order valence-electron chi connectivity index (χ0n) is 37.3. The van der Waals surface area contributed by atoms with Crippen LogP contribution in [0.15, 0.2) is 79.0 Å². The molecule has 2 unspecified atom stereocenters. The summed E-state index contributed by atoms with van der Waals surface area (Å²) in [6.45, 7) is 7.11. The van der Waals surface area contributed by atoms with Crippen molar-refractivity contribution in [3.63, 3.8) is 0 Å². The summed E-state index contributed by atoms with van der Waals surface area (Å²) in [6, 6.07) is 21.3. The second-order valence-electron chi connectivity index (χ2n) is 17.6. The summed E-state index contributed by atoms with van der Waals surface area (Å²) < 4.78 is 21.7. The Morgan fingerprint density at radius 3 is 2.40 bits per heavy atom. The van der Waals surface area contributed by atoms with Gasteiger partial charge in [-0.3, -0.25) is 9.59 Å². The van der Waals surface area contributed by atoms with Crippen molar-refractivity contribution in [1.82, 2.24) is 40.4 Å². The van der Waals surface area contributed by atoms with E-state index in [2.05, 4.69) is 57.0 Å². The minimum atomic E-state index is -0.948. The normalized spacial score (nSPS) is 20.0. The number of rotatable bonds is 11. The largest absolute Gasteiger partial charge is 0.488 e. The van der Waals surface area contributed by atoms with Crippen molar-refractivity contribution in [2.24, 2.45) is 11.8 Å². The average molecular weight is 883 g/mol. The number of nitrogens with one attached hydrogen (secondary N) is 4. The Hall–Kier alpha value is -6.94. The number of ether oxygens (including phenoxy) is 4. The lowest BCUT2D eigenvalue weighted by Gasteiger charge is -2.32. The Morgan fingerprint density at radius 1 is 0.862 bits per heavy atom. The molecule has 2 fully saturated rings. The van der Waals surface area contributed by atoms with E-state index >= 15 is 0 Å². The van der Waals surface area contributed by atoms with Gasteiger partial charge in [-0.25, -0.2) is 19.6 Å². The molecule has 16 nitrogen and oxygen atoms in total. The third-order valence-corrected chi connectivity index (χ3v) is 13.1. The molecule has 16 heteroatoms. The maximum Gasteiger partial charge on any atom is 0.407 e. The molecule has 4 N–H and O–H groups in total. The molecule has 4 amide bonds. The van der Waals surface area contributed by atoms with Gasteiger partial charge in [-0.15, -0.1) is 0 Å². The van der Waals surface area contributed by atoms with E-state index < -0.39 is 24.3 Å². The highest BCUT2D eigenvalue weighted by Gasteiger charge is 2.43. The van der Waals surface area contributed by atoms with Crippen LogP contribution in [0.4, 0.5) is 9.59 Å². The number of benzene rings is 4. The van der Waals surface area contributed by atoms with Crippen LogP contribution in [0.5, 0.6) is 5.75 Å². The number of nitrogens with zero attached hydrogens (tertiary/aromatic N) is 4. The first-order valence-electron chi connectivity index (χ1n) is 22.1. The number of likely N-dealkylation sites (tertiary alicyclic amines) is 2. The zero-order valence-corrected chi connectivity index (χ0v) is 37.3. The molecule has 9 rings (SSSR count). The molecule has 0 aliphatic carbocycles. The lowest BCUT2D eigenvalue weighted by Crippen LogP contribution is -2.52. The fraction of sp³-hybridized carbons (Fsp3) is 0.388. The number of alkyl carbamates (subject to hydrolysis) is 2. The van der Waals surface area contributed by atoms with Crippen LogP contribution in [0.3, 0.4) is 0 Å². The van der Waals surface area contributed by atoms with Gasteiger partial charge in [-0.05, 0) is 84.0 Å². The summed E-state index contributed by atoms with van der Waals surface area (Å²) in [5.74, 6) is 1.61. The third-order valence-electron chi connectivity index (χ3n) is 13.1. The molecule has 0 spiro atoms. The van der Waals surface area contributed by atoms with E-state index in [-0.39, 0.29) is 41.8 Å². The number of fused-ring (bicyclic) bond motifs is 6. The summed E-state index contributed by atoms with van der Waals surface area (Å²) >= 11 is 0. The van der Waals surface area contributed by atoms with Gasteiger partial charge >= 0.3 is 12.2 Å². The van der Waals surface area contributed by atoms with Crippen LogP contribution in [-0.4, -0.2) is 100 Å². The zero-order chi connectivity index (χ0) is 45.5. The van der Waals surface area contributed by atoms with Crippen LogP contribution in [0.1, 0.15) is 80.9 Å². The molecule has 2 saturated heterocycles. The maximum atomic E-state index is 14.3. The Labute approximate surface area is 376 Å². The van der Waals surface area contributed by atoms with Crippen molar-refractivity contribution in [2.75, 3.05) is 34.5 Å². The van der Waals surface area contributed by atoms with Crippen LogP contribution >= 0.6 is 0 Å². The van der Waals surface area contributed by atoms with Gasteiger partial charge in [0, 0.05) is 36.6 Å². The summed E-state index contributed by atoms with van der Waals surface area (Å²) in [5, 5.41) is 7.42. The molecule has 6 atom stereocenters. The Morgan fingerprint density at radius 2 is 1.65 bits per heavy atom. The predicted molar refractivity (Wildman–Crippen MR) is 243 cm³/mol. The molecule has 338 valence electrons. The number of amides is 4. The highest BCUT2D eigenvalue weighted by Crippen LogP contribution is 2.44. The number of hydrogen-bond acceptors (Lipinski definition) is 10. The number of imidazole rings is 2. The minimum absolute atomic E-state index is 0.0342. The van der Waals surface area contributed by atoms with Crippen molar-refractivity contribution in [3.8, 4) is 28.1 Å². The number of aromatic nitrogens is 4. The molecule has 4 aromatic carbocycles. The van der Waals surface area contributed by atoms with E-state index in [0.717, 1.165) is 68.3 Å². The molecule has 3 aliphatic rings. The monoisotopic (exact) mass is 882 g/mol. The van der Waals surface area contributed by atoms with E-state index in [1.165, 1.54) is 14.2 Å². The summed E-state index contributed by atoms with van der Waals surface area (Å²) in [5.41, 5.74) is 7.09. The minimum Gasteiger partial charge on any atom is -0.488 e. The van der Waals surface area contributed by atoms with Gasteiger partial charge in [0.1, 0.15) is 36.1 Å². The Balaban J connectivity index is 0.974. The molecule has 0 saturated carbocycles. The van der Waals surface area contributed by atoms with Gasteiger partial charge in [-0.2, -0.15) is 0 Å². The van der Waals surface area contributed by atoms with E-state index in [0.29, 0.717) is 43.4 Å². The quantitative estimate of drug-likeness (QED) is 0.100. The fourth-order valence-electron chi connectivity index (χ4n) is 9.83. The predicted octanol–water partition coefficient (Wildman–Crippen LogP) is 7.73. The topological polar surface area (TPSA) is 193 Å². The smallest absolute Gasteiger partial charge is 0.407 e. The second-order valence-corrected chi connectivity index (χ2v) is 17.6. The Bertz CT molecular complexity index is 2770. The summed E-state index contributed by atoms with van der Waals surface area (Å²) in [6.07, 6.45) is 2.64. The van der Waals surface area contributed by atoms with Crippen molar-refractivity contribution < 1.29 is 38.1 Å². The van der Waals surface area contributed by atoms with Crippen molar-refractivity contribution in [3.05, 3.63) is 102 Å². The number of hydrogen-bond donors (Lipinski definition) is 4. The standard InChI is InChI=1S/C49H54N8O8/c1-26(2)41(54-48(60)63-5)47(59)57-27(3)12-17-38(57)45-51-36-16-14-30-20-35-33-15-13-31(19-32(33)25-65-40(35)21-34(30)43(36)53-45)37-22-50-44(52-37)39-18-28(24-62-4)23-56(39)46(58)42(55-49(61)64-6)29-10-8-7-9-11-29/h7-11,13-16,19-22,26-28,38-39,41-42H,12,17-18,23-25H2,1-6H3,(H,50,52)(H,51,53)(H,54,60)(H,55,61)/t27-,28?,38-,39-,41-,42?/m0/s1. The highest BCUT2D eigenvalue weighted by molar-refractivity contribution is 6.07. The molecule has 6 aromatic rings. The van der Waals surface area contributed by atoms with Gasteiger partial charge < -0.3 is 49.3 Å². The van der Waals surface area contributed by atoms with Crippen LogP contribution in [0.2, 0.25) is 0 Å². The number of H-pyrrole nitrogens is 2. The first-order chi connectivity index (χ1) is 31.5. The molecular formula is C49H54N8O8. The van der Waals surface area contributed by atoms with Gasteiger partial charge in [-0.1, -0.05) is 62.4 Å². The average Bonchev–Trinajstić information content (AvgIpc) is 4.15. The van der Waals surface area contributed by atoms with Crippen LogP contribution in [0.25, 0.3) is 44.2 Å². The highest BCUT2D eigenvalue weighted by atomic mass is 16.5. The molecule has 65 heavy (non-hydrogen) atoms. The Kier molecular flexibility index (Phi) is 11.9. The first kappa shape index (κ1) is 43.3. The molecule has 2 aromatic heterocycles. The molecule has 3 aliphatic heterocycles. The van der Waals surface area contributed by atoms with Crippen molar-refractivity contribution >= 4 is 45.8 Å². The SMILES string of the molecule is COCC1C[C@@H](c2ncc(-c3ccc4c(c3)COc3cc5c(ccc6[nH]c([C@@H]7CC[C@H](C)N7C(=O)[C@@H](NC(=O)OC)C(C)C)nc65)cc3-4)[nH]2)N(C(=O)C(NC(=O)OC)c2ccccc2)C1. The molecule has 0 bridgehead atoms. The molecular weight excluding hydrogens is 829 g/mol. The van der Waals surface area contributed by atoms with Crippen LogP contribution in [-0.2, 0) is 30.4 Å². The first-order valence-corrected chi connectivity index (χ1v) is 22.1. The maximum absolute atomic E-state index is 14.3. The van der Waals surface area contributed by atoms with Gasteiger partial charge in [0.05, 0.1) is 55.8 Å². The number of methoxy groups -OCH3 is 3. The van der Waals surface area contributed by atoms with E-state index in [1.54, 1.807) is 18.2 Å². The fourth-order valence-corrected chi connectivity index (χ4v) is 9.83. The van der Waals surface area contributed by atoms with E-state index in [1.807, 2.05) is 62.1 Å². The lowest BCUT2D eigenvalue weighted by molar-refractivity contribution is -0.137. The summed E-state index contributed by atoms with van der Waals surface area (Å²) in [4.78, 5) is 73.5. The third kappa shape index (κ3) is 8.22. The van der Waals surface area contributed by atoms with Crippen LogP contribution < -0.4 is 15.4 Å². The molecule has 5 heterocycles. The lowest BCUT2D eigenvalue weighted by atomic mass is 9.92. The van der Waals surface area contributed by atoms with E-state index in [9.17, 15) is 19.2 Å². The van der Waals surface area contributed by atoms with Gasteiger partial charge in [0.25, 0.3) is 5.91 Å². The summed E-state index contributed by atoms with van der Waals surface area (Å²) in [7, 11) is 4.22. The van der Waals surface area contributed by atoms with Gasteiger partial charge in [0.2, 0.25) is 5.91 Å². The van der Waals surface area contributed by atoms with Gasteiger partial charge in [0.15, 0.2) is 0 Å². The van der Waals surface area contributed by atoms with Crippen LogP contribution in [0, 0.1) is 11.8 Å². The van der Waals surface area contributed by atoms with Crippen molar-refractivity contribution in [1.29, 1.82) is 0 Å². The number of carbonyl (C=O) groups is 4. The second kappa shape index (κ2) is 17.9.